The average molecular weight is 343 g/mol. The van der Waals surface area contributed by atoms with Crippen molar-refractivity contribution in [3.63, 3.8) is 0 Å². The zero-order valence-electron chi connectivity index (χ0n) is 14.3. The van der Waals surface area contributed by atoms with E-state index in [1.807, 2.05) is 23.1 Å². The number of thiazole rings is 1. The second-order valence-corrected chi connectivity index (χ2v) is 7.17. The molecule has 2 heterocycles. The van der Waals surface area contributed by atoms with E-state index in [0.717, 1.165) is 45.6 Å². The normalized spacial score (nSPS) is 15.6. The third kappa shape index (κ3) is 4.65. The number of carbonyl (C=O) groups is 1. The van der Waals surface area contributed by atoms with Crippen LogP contribution in [0.2, 0.25) is 0 Å². The predicted octanol–water partition coefficient (Wildman–Crippen LogP) is 2.98. The highest BCUT2D eigenvalue weighted by Crippen LogP contribution is 2.14. The van der Waals surface area contributed by atoms with Gasteiger partial charge in [-0.3, -0.25) is 9.69 Å². The predicted molar refractivity (Wildman–Crippen MR) is 98.1 cm³/mol. The fraction of sp³-hybridized carbons (Fsp3) is 0.474. The van der Waals surface area contributed by atoms with Gasteiger partial charge in [-0.15, -0.1) is 11.3 Å². The van der Waals surface area contributed by atoms with Gasteiger partial charge in [0.25, 0.3) is 0 Å². The average Bonchev–Trinajstić information content (AvgIpc) is 3.09. The maximum absolute atomic E-state index is 12.4. The van der Waals surface area contributed by atoms with Crippen LogP contribution in [0.4, 0.5) is 0 Å². The molecular formula is C19H25N3OS. The molecule has 0 atom stereocenters. The molecule has 128 valence electrons. The first-order chi connectivity index (χ1) is 11.7. The Bertz CT molecular complexity index is 648. The van der Waals surface area contributed by atoms with Gasteiger partial charge in [0.15, 0.2) is 0 Å². The van der Waals surface area contributed by atoms with Gasteiger partial charge in [0.1, 0.15) is 0 Å². The summed E-state index contributed by atoms with van der Waals surface area (Å²) in [6.07, 6.45) is 2.45. The van der Waals surface area contributed by atoms with E-state index >= 15 is 0 Å². The SMILES string of the molecule is CCc1nc(CN2CCN(C(=O)CCc3ccccc3)CC2)cs1. The molecule has 1 amide bonds. The van der Waals surface area contributed by atoms with Crippen LogP contribution in [0.25, 0.3) is 0 Å². The zero-order valence-corrected chi connectivity index (χ0v) is 15.1. The van der Waals surface area contributed by atoms with Crippen LogP contribution in [0.5, 0.6) is 0 Å². The summed E-state index contributed by atoms with van der Waals surface area (Å²) < 4.78 is 0. The molecule has 0 N–H and O–H groups in total. The highest BCUT2D eigenvalue weighted by Gasteiger charge is 2.21. The first-order valence-electron chi connectivity index (χ1n) is 8.72. The number of piperazine rings is 1. The van der Waals surface area contributed by atoms with Gasteiger partial charge in [-0.25, -0.2) is 4.98 Å². The van der Waals surface area contributed by atoms with Crippen molar-refractivity contribution in [1.82, 2.24) is 14.8 Å². The highest BCUT2D eigenvalue weighted by molar-refractivity contribution is 7.09. The molecule has 1 saturated heterocycles. The topological polar surface area (TPSA) is 36.4 Å². The molecule has 2 aromatic rings. The summed E-state index contributed by atoms with van der Waals surface area (Å²) in [7, 11) is 0. The van der Waals surface area contributed by atoms with Crippen LogP contribution in [-0.4, -0.2) is 46.9 Å². The molecule has 1 aromatic heterocycles. The molecule has 3 rings (SSSR count). The Balaban J connectivity index is 1.42. The molecule has 0 radical (unpaired) electrons. The van der Waals surface area contributed by atoms with Gasteiger partial charge in [0.05, 0.1) is 10.7 Å². The summed E-state index contributed by atoms with van der Waals surface area (Å²) in [4.78, 5) is 21.4. The van der Waals surface area contributed by atoms with E-state index in [1.165, 1.54) is 16.3 Å². The number of aromatic nitrogens is 1. The highest BCUT2D eigenvalue weighted by atomic mass is 32.1. The summed E-state index contributed by atoms with van der Waals surface area (Å²) in [5.41, 5.74) is 2.40. The molecule has 0 unspecified atom stereocenters. The van der Waals surface area contributed by atoms with Crippen LogP contribution in [0, 0.1) is 0 Å². The molecule has 4 nitrogen and oxygen atoms in total. The summed E-state index contributed by atoms with van der Waals surface area (Å²) in [5.74, 6) is 0.278. The number of aryl methyl sites for hydroxylation is 2. The molecule has 0 aliphatic carbocycles. The van der Waals surface area contributed by atoms with Gasteiger partial charge in [0, 0.05) is 44.5 Å². The number of benzene rings is 1. The molecule has 0 spiro atoms. The van der Waals surface area contributed by atoms with E-state index < -0.39 is 0 Å². The molecule has 0 bridgehead atoms. The second kappa shape index (κ2) is 8.40. The van der Waals surface area contributed by atoms with E-state index in [-0.39, 0.29) is 5.91 Å². The van der Waals surface area contributed by atoms with E-state index in [1.54, 1.807) is 11.3 Å². The lowest BCUT2D eigenvalue weighted by molar-refractivity contribution is -0.133. The fourth-order valence-corrected chi connectivity index (χ4v) is 3.76. The minimum atomic E-state index is 0.278. The molecule has 1 aliphatic rings. The van der Waals surface area contributed by atoms with Gasteiger partial charge in [-0.05, 0) is 18.4 Å². The zero-order chi connectivity index (χ0) is 16.8. The summed E-state index contributed by atoms with van der Waals surface area (Å²) in [5, 5.41) is 3.37. The van der Waals surface area contributed by atoms with Crippen molar-refractivity contribution in [2.24, 2.45) is 0 Å². The van der Waals surface area contributed by atoms with Crippen molar-refractivity contribution in [3.8, 4) is 0 Å². The standard InChI is InChI=1S/C19H25N3OS/c1-2-18-20-17(15-24-18)14-21-10-12-22(13-11-21)19(23)9-8-16-6-4-3-5-7-16/h3-7,15H,2,8-14H2,1H3. The Labute approximate surface area is 148 Å². The smallest absolute Gasteiger partial charge is 0.222 e. The number of amides is 1. The van der Waals surface area contributed by atoms with Gasteiger partial charge in [-0.1, -0.05) is 37.3 Å². The van der Waals surface area contributed by atoms with Gasteiger partial charge in [0.2, 0.25) is 5.91 Å². The van der Waals surface area contributed by atoms with Crippen LogP contribution in [0.15, 0.2) is 35.7 Å². The number of hydrogen-bond donors (Lipinski definition) is 0. The van der Waals surface area contributed by atoms with Crippen LogP contribution < -0.4 is 0 Å². The number of carbonyl (C=O) groups excluding carboxylic acids is 1. The van der Waals surface area contributed by atoms with E-state index in [2.05, 4.69) is 34.3 Å². The molecule has 5 heteroatoms. The summed E-state index contributed by atoms with van der Waals surface area (Å²) in [6.45, 7) is 6.59. The maximum atomic E-state index is 12.4. The fourth-order valence-electron chi connectivity index (χ4n) is 3.02. The Morgan fingerprint density at radius 2 is 1.92 bits per heavy atom. The third-order valence-electron chi connectivity index (χ3n) is 4.48. The minimum Gasteiger partial charge on any atom is -0.340 e. The first-order valence-corrected chi connectivity index (χ1v) is 9.60. The van der Waals surface area contributed by atoms with Crippen molar-refractivity contribution in [3.05, 3.63) is 52.0 Å². The molecule has 1 fully saturated rings. The number of rotatable bonds is 6. The quantitative estimate of drug-likeness (QED) is 0.809. The second-order valence-electron chi connectivity index (χ2n) is 6.23. The number of hydrogen-bond acceptors (Lipinski definition) is 4. The Kier molecular flexibility index (Phi) is 5.99. The minimum absolute atomic E-state index is 0.278. The molecule has 24 heavy (non-hydrogen) atoms. The van der Waals surface area contributed by atoms with E-state index in [0.29, 0.717) is 6.42 Å². The molecular weight excluding hydrogens is 318 g/mol. The van der Waals surface area contributed by atoms with Gasteiger partial charge < -0.3 is 4.90 Å². The van der Waals surface area contributed by atoms with Crippen molar-refractivity contribution in [2.75, 3.05) is 26.2 Å². The summed E-state index contributed by atoms with van der Waals surface area (Å²) in [6, 6.07) is 10.2. The van der Waals surface area contributed by atoms with Crippen molar-refractivity contribution < 1.29 is 4.79 Å². The summed E-state index contributed by atoms with van der Waals surface area (Å²) >= 11 is 1.75. The lowest BCUT2D eigenvalue weighted by Gasteiger charge is -2.34. The van der Waals surface area contributed by atoms with E-state index in [9.17, 15) is 4.79 Å². The molecule has 1 aromatic carbocycles. The maximum Gasteiger partial charge on any atom is 0.222 e. The van der Waals surface area contributed by atoms with E-state index in [4.69, 9.17) is 0 Å². The lowest BCUT2D eigenvalue weighted by Crippen LogP contribution is -2.48. The van der Waals surface area contributed by atoms with Crippen molar-refractivity contribution in [1.29, 1.82) is 0 Å². The van der Waals surface area contributed by atoms with Gasteiger partial charge >= 0.3 is 0 Å². The lowest BCUT2D eigenvalue weighted by atomic mass is 10.1. The van der Waals surface area contributed by atoms with Crippen molar-refractivity contribution in [2.45, 2.75) is 32.7 Å². The van der Waals surface area contributed by atoms with Crippen molar-refractivity contribution >= 4 is 17.2 Å². The van der Waals surface area contributed by atoms with Crippen LogP contribution in [0.1, 0.15) is 29.6 Å². The Morgan fingerprint density at radius 1 is 1.17 bits per heavy atom. The largest absolute Gasteiger partial charge is 0.340 e. The number of nitrogens with zero attached hydrogens (tertiary/aromatic N) is 3. The third-order valence-corrected chi connectivity index (χ3v) is 5.52. The monoisotopic (exact) mass is 343 g/mol. The van der Waals surface area contributed by atoms with Crippen LogP contribution in [0.3, 0.4) is 0 Å². The van der Waals surface area contributed by atoms with Crippen LogP contribution >= 0.6 is 11.3 Å². The molecule has 1 aliphatic heterocycles. The Hall–Kier alpha value is -1.72. The van der Waals surface area contributed by atoms with Gasteiger partial charge in [-0.2, -0.15) is 0 Å². The van der Waals surface area contributed by atoms with Crippen LogP contribution in [-0.2, 0) is 24.2 Å². The first kappa shape index (κ1) is 17.1. The molecule has 0 saturated carbocycles. The Morgan fingerprint density at radius 3 is 2.58 bits per heavy atom.